The predicted molar refractivity (Wildman–Crippen MR) is 87.4 cm³/mol. The van der Waals surface area contributed by atoms with E-state index in [0.29, 0.717) is 20.6 Å². The number of pyridine rings is 1. The van der Waals surface area contributed by atoms with Gasteiger partial charge in [-0.1, -0.05) is 43.5 Å². The Labute approximate surface area is 141 Å². The molecule has 1 heterocycles. The van der Waals surface area contributed by atoms with Crippen LogP contribution in [0.5, 0.6) is 0 Å². The van der Waals surface area contributed by atoms with Gasteiger partial charge in [0.1, 0.15) is 3.74 Å². The molecule has 98 valence electrons. The van der Waals surface area contributed by atoms with Gasteiger partial charge in [0.25, 0.3) is 0 Å². The maximum Gasteiger partial charge on any atom is 0.195 e. The van der Waals surface area contributed by atoms with Gasteiger partial charge in [0.05, 0.1) is 11.3 Å². The van der Waals surface area contributed by atoms with Crippen LogP contribution in [0, 0.1) is 0 Å². The van der Waals surface area contributed by atoms with E-state index in [1.807, 2.05) is 0 Å². The molecule has 6 heteroatoms. The minimum absolute atomic E-state index is 0.0454. The van der Waals surface area contributed by atoms with Crippen LogP contribution < -0.4 is 0 Å². The smallest absolute Gasteiger partial charge is 0.195 e. The third kappa shape index (κ3) is 3.66. The summed E-state index contributed by atoms with van der Waals surface area (Å²) in [5, 5.41) is 0.602. The fraction of sp³-hybridized carbons (Fsp3) is 0.0769. The molecule has 1 aromatic heterocycles. The van der Waals surface area contributed by atoms with Crippen molar-refractivity contribution in [2.24, 2.45) is 0 Å². The molecule has 0 aliphatic rings. The SMILES string of the molecule is O=C(c1ccc(Cl)cc1)c1cnc(C(Br)Br)cc1Br. The molecule has 0 aliphatic carbocycles. The van der Waals surface area contributed by atoms with Gasteiger partial charge in [-0.2, -0.15) is 0 Å². The first kappa shape index (κ1) is 15.2. The quantitative estimate of drug-likeness (QED) is 0.439. The van der Waals surface area contributed by atoms with E-state index in [0.717, 1.165) is 5.69 Å². The van der Waals surface area contributed by atoms with Gasteiger partial charge in [-0.3, -0.25) is 9.78 Å². The second-order valence-corrected chi connectivity index (χ2v) is 8.08. The Morgan fingerprint density at radius 1 is 1.21 bits per heavy atom. The minimum Gasteiger partial charge on any atom is -0.289 e. The van der Waals surface area contributed by atoms with Crippen LogP contribution in [0.1, 0.15) is 25.4 Å². The normalized spacial score (nSPS) is 10.8. The van der Waals surface area contributed by atoms with Crippen LogP contribution in [0.2, 0.25) is 5.02 Å². The van der Waals surface area contributed by atoms with Gasteiger partial charge in [0, 0.05) is 21.3 Å². The van der Waals surface area contributed by atoms with Crippen molar-refractivity contribution < 1.29 is 4.79 Å². The van der Waals surface area contributed by atoms with Crippen molar-refractivity contribution in [1.82, 2.24) is 4.98 Å². The first-order valence-electron chi connectivity index (χ1n) is 5.23. The van der Waals surface area contributed by atoms with Crippen LogP contribution in [0.15, 0.2) is 41.0 Å². The van der Waals surface area contributed by atoms with E-state index in [-0.39, 0.29) is 9.52 Å². The monoisotopic (exact) mass is 465 g/mol. The standard InChI is InChI=1S/C13H7Br3ClNO/c14-10-5-11(13(15)16)18-6-9(10)12(19)7-1-3-8(17)4-2-7/h1-6,13H. The van der Waals surface area contributed by atoms with Crippen molar-refractivity contribution in [1.29, 1.82) is 0 Å². The maximum absolute atomic E-state index is 12.3. The van der Waals surface area contributed by atoms with E-state index < -0.39 is 0 Å². The highest BCUT2D eigenvalue weighted by Crippen LogP contribution is 2.30. The molecular formula is C13H7Br3ClNO. The van der Waals surface area contributed by atoms with Crippen molar-refractivity contribution in [3.05, 3.63) is 62.8 Å². The number of ketones is 1. The summed E-state index contributed by atoms with van der Waals surface area (Å²) in [5.74, 6) is -0.0942. The summed E-state index contributed by atoms with van der Waals surface area (Å²) in [6, 6.07) is 8.58. The fourth-order valence-corrected chi connectivity index (χ4v) is 2.63. The second-order valence-electron chi connectivity index (χ2n) is 3.73. The number of carbonyl (C=O) groups excluding carboxylic acids is 1. The molecule has 0 N–H and O–H groups in total. The number of nitrogens with zero attached hydrogens (tertiary/aromatic N) is 1. The summed E-state index contributed by atoms with van der Waals surface area (Å²) >= 11 is 15.9. The van der Waals surface area contributed by atoms with Gasteiger partial charge in [-0.05, 0) is 46.3 Å². The van der Waals surface area contributed by atoms with Crippen molar-refractivity contribution in [2.45, 2.75) is 3.74 Å². The van der Waals surface area contributed by atoms with E-state index >= 15 is 0 Å². The zero-order chi connectivity index (χ0) is 14.0. The Balaban J connectivity index is 2.36. The zero-order valence-corrected chi connectivity index (χ0v) is 14.9. The highest BCUT2D eigenvalue weighted by molar-refractivity contribution is 9.24. The van der Waals surface area contributed by atoms with Gasteiger partial charge in [-0.15, -0.1) is 0 Å². The summed E-state index contributed by atoms with van der Waals surface area (Å²) in [4.78, 5) is 16.6. The third-order valence-corrected chi connectivity index (χ3v) is 4.30. The molecule has 2 nitrogen and oxygen atoms in total. The summed E-state index contributed by atoms with van der Waals surface area (Å²) in [7, 11) is 0. The number of aromatic nitrogens is 1. The van der Waals surface area contributed by atoms with Crippen LogP contribution >= 0.6 is 59.4 Å². The Bertz CT molecular complexity index is 614. The molecule has 0 atom stereocenters. The first-order valence-corrected chi connectivity index (χ1v) is 8.23. The molecule has 0 aliphatic heterocycles. The summed E-state index contributed by atoms with van der Waals surface area (Å²) in [6.07, 6.45) is 1.56. The Morgan fingerprint density at radius 2 is 1.84 bits per heavy atom. The van der Waals surface area contributed by atoms with Gasteiger partial charge in [0.15, 0.2) is 5.78 Å². The number of benzene rings is 1. The lowest BCUT2D eigenvalue weighted by Crippen LogP contribution is -2.04. The van der Waals surface area contributed by atoms with Crippen LogP contribution in [0.3, 0.4) is 0 Å². The number of halogens is 4. The molecule has 0 saturated heterocycles. The van der Waals surface area contributed by atoms with E-state index in [9.17, 15) is 4.79 Å². The topological polar surface area (TPSA) is 30.0 Å². The molecule has 1 aromatic carbocycles. The maximum atomic E-state index is 12.3. The molecular weight excluding hydrogens is 461 g/mol. The summed E-state index contributed by atoms with van der Waals surface area (Å²) in [6.45, 7) is 0. The molecule has 0 saturated carbocycles. The van der Waals surface area contributed by atoms with Crippen molar-refractivity contribution in [3.8, 4) is 0 Å². The fourth-order valence-electron chi connectivity index (χ4n) is 1.49. The molecule has 0 amide bonds. The van der Waals surface area contributed by atoms with Gasteiger partial charge in [-0.25, -0.2) is 0 Å². The Kier molecular flexibility index (Phi) is 5.17. The molecule has 0 bridgehead atoms. The molecule has 2 rings (SSSR count). The van der Waals surface area contributed by atoms with Crippen LogP contribution in [0.25, 0.3) is 0 Å². The number of hydrogen-bond acceptors (Lipinski definition) is 2. The Morgan fingerprint density at radius 3 is 2.37 bits per heavy atom. The summed E-state index contributed by atoms with van der Waals surface area (Å²) < 4.78 is 0.664. The van der Waals surface area contributed by atoms with E-state index in [2.05, 4.69) is 52.8 Å². The number of hydrogen-bond donors (Lipinski definition) is 0. The van der Waals surface area contributed by atoms with Crippen molar-refractivity contribution >= 4 is 65.2 Å². The average molecular weight is 468 g/mol. The lowest BCUT2D eigenvalue weighted by Gasteiger charge is -2.07. The van der Waals surface area contributed by atoms with Crippen LogP contribution in [-0.2, 0) is 0 Å². The highest BCUT2D eigenvalue weighted by atomic mass is 79.9. The number of alkyl halides is 2. The van der Waals surface area contributed by atoms with E-state index in [1.54, 1.807) is 36.5 Å². The van der Waals surface area contributed by atoms with Crippen LogP contribution in [-0.4, -0.2) is 10.8 Å². The third-order valence-electron chi connectivity index (χ3n) is 2.45. The molecule has 19 heavy (non-hydrogen) atoms. The first-order chi connectivity index (χ1) is 8.99. The number of carbonyl (C=O) groups is 1. The van der Waals surface area contributed by atoms with Crippen LogP contribution in [0.4, 0.5) is 0 Å². The lowest BCUT2D eigenvalue weighted by atomic mass is 10.1. The van der Waals surface area contributed by atoms with Crippen molar-refractivity contribution in [2.75, 3.05) is 0 Å². The lowest BCUT2D eigenvalue weighted by molar-refractivity contribution is 0.103. The molecule has 0 spiro atoms. The molecule has 0 fully saturated rings. The van der Waals surface area contributed by atoms with Gasteiger partial charge >= 0.3 is 0 Å². The molecule has 0 unspecified atom stereocenters. The average Bonchev–Trinajstić information content (AvgIpc) is 2.38. The highest BCUT2D eigenvalue weighted by Gasteiger charge is 2.15. The van der Waals surface area contributed by atoms with Gasteiger partial charge in [0.2, 0.25) is 0 Å². The Hall–Kier alpha value is -0.230. The second kappa shape index (κ2) is 6.48. The summed E-state index contributed by atoms with van der Waals surface area (Å²) in [5.41, 5.74) is 1.89. The largest absolute Gasteiger partial charge is 0.289 e. The van der Waals surface area contributed by atoms with Crippen molar-refractivity contribution in [3.63, 3.8) is 0 Å². The molecule has 2 aromatic rings. The zero-order valence-electron chi connectivity index (χ0n) is 9.41. The van der Waals surface area contributed by atoms with E-state index in [4.69, 9.17) is 11.6 Å². The van der Waals surface area contributed by atoms with E-state index in [1.165, 1.54) is 0 Å². The predicted octanol–water partition coefficient (Wildman–Crippen LogP) is 5.52. The minimum atomic E-state index is -0.0942. The number of rotatable bonds is 3. The van der Waals surface area contributed by atoms with Gasteiger partial charge < -0.3 is 0 Å². The molecule has 0 radical (unpaired) electrons.